The number of guanidine groups is 1. The molecule has 1 aliphatic heterocycles. The van der Waals surface area contributed by atoms with E-state index in [0.29, 0.717) is 44.6 Å². The zero-order chi connectivity index (χ0) is 22.9. The lowest BCUT2D eigenvalue weighted by Gasteiger charge is -2.34. The maximum absolute atomic E-state index is 12.6. The summed E-state index contributed by atoms with van der Waals surface area (Å²) in [5.41, 5.74) is 9.43. The predicted molar refractivity (Wildman–Crippen MR) is 128 cm³/mol. The van der Waals surface area contributed by atoms with Gasteiger partial charge in [0.25, 0.3) is 0 Å². The number of benzene rings is 2. The van der Waals surface area contributed by atoms with Crippen LogP contribution in [0.1, 0.15) is 18.5 Å². The molecule has 8 nitrogen and oxygen atoms in total. The molecule has 1 atom stereocenters. The highest BCUT2D eigenvalue weighted by Gasteiger charge is 2.34. The molecule has 3 N–H and O–H groups in total. The van der Waals surface area contributed by atoms with Gasteiger partial charge in [0.1, 0.15) is 11.6 Å². The number of para-hydroxylation sites is 2. The summed E-state index contributed by atoms with van der Waals surface area (Å²) in [6.45, 7) is 1.80. The third-order valence-corrected chi connectivity index (χ3v) is 5.69. The van der Waals surface area contributed by atoms with Crippen LogP contribution in [0.2, 0.25) is 5.02 Å². The SMILES string of the molecule is CC1=C(C(N)=O)C(c2ccccc2Cl)N=C(Nc2nc3ccccc3o2)N1c1cccnc1. The van der Waals surface area contributed by atoms with Gasteiger partial charge in [-0.1, -0.05) is 41.9 Å². The van der Waals surface area contributed by atoms with Gasteiger partial charge in [0.15, 0.2) is 5.58 Å². The number of nitrogens with zero attached hydrogens (tertiary/aromatic N) is 4. The lowest BCUT2D eigenvalue weighted by atomic mass is 9.95. The first kappa shape index (κ1) is 20.7. The van der Waals surface area contributed by atoms with Crippen LogP contribution in [-0.2, 0) is 4.79 Å². The Morgan fingerprint density at radius 1 is 1.12 bits per heavy atom. The van der Waals surface area contributed by atoms with Gasteiger partial charge in [-0.3, -0.25) is 20.0 Å². The van der Waals surface area contributed by atoms with Gasteiger partial charge in [0.2, 0.25) is 11.9 Å². The van der Waals surface area contributed by atoms with E-state index in [2.05, 4.69) is 15.3 Å². The minimum Gasteiger partial charge on any atom is -0.423 e. The van der Waals surface area contributed by atoms with Crippen molar-refractivity contribution in [2.24, 2.45) is 10.7 Å². The van der Waals surface area contributed by atoms with Gasteiger partial charge >= 0.3 is 6.01 Å². The monoisotopic (exact) mass is 458 g/mol. The van der Waals surface area contributed by atoms with Crippen molar-refractivity contribution >= 4 is 46.3 Å². The van der Waals surface area contributed by atoms with E-state index in [1.807, 2.05) is 48.5 Å². The molecule has 3 heterocycles. The van der Waals surface area contributed by atoms with Crippen molar-refractivity contribution in [3.05, 3.63) is 94.9 Å². The lowest BCUT2D eigenvalue weighted by molar-refractivity contribution is -0.114. The number of anilines is 2. The van der Waals surface area contributed by atoms with Crippen LogP contribution in [0, 0.1) is 0 Å². The number of amides is 1. The molecule has 0 saturated carbocycles. The molecule has 33 heavy (non-hydrogen) atoms. The van der Waals surface area contributed by atoms with Crippen LogP contribution in [0.25, 0.3) is 11.1 Å². The van der Waals surface area contributed by atoms with Crippen molar-refractivity contribution in [2.45, 2.75) is 13.0 Å². The van der Waals surface area contributed by atoms with E-state index in [4.69, 9.17) is 26.7 Å². The first-order valence-corrected chi connectivity index (χ1v) is 10.6. The zero-order valence-electron chi connectivity index (χ0n) is 17.6. The van der Waals surface area contributed by atoms with E-state index in [-0.39, 0.29) is 6.01 Å². The summed E-state index contributed by atoms with van der Waals surface area (Å²) >= 11 is 6.47. The van der Waals surface area contributed by atoms with E-state index in [1.54, 1.807) is 36.4 Å². The molecule has 4 aromatic rings. The lowest BCUT2D eigenvalue weighted by Crippen LogP contribution is -2.41. The van der Waals surface area contributed by atoms with Crippen molar-refractivity contribution in [1.82, 2.24) is 9.97 Å². The number of pyridine rings is 1. The number of primary amides is 1. The Morgan fingerprint density at radius 3 is 2.64 bits per heavy atom. The quantitative estimate of drug-likeness (QED) is 0.460. The second kappa shape index (κ2) is 8.40. The number of oxazole rings is 1. The second-order valence-corrected chi connectivity index (χ2v) is 7.81. The normalized spacial score (nSPS) is 16.1. The van der Waals surface area contributed by atoms with E-state index in [0.717, 1.165) is 0 Å². The van der Waals surface area contributed by atoms with E-state index in [1.165, 1.54) is 0 Å². The number of rotatable bonds is 4. The molecule has 0 radical (unpaired) electrons. The summed E-state index contributed by atoms with van der Waals surface area (Å²) in [5, 5.41) is 3.65. The molecule has 1 amide bonds. The number of carbonyl (C=O) groups is 1. The van der Waals surface area contributed by atoms with Gasteiger partial charge in [-0.2, -0.15) is 4.98 Å². The van der Waals surface area contributed by atoms with Crippen LogP contribution in [0.5, 0.6) is 0 Å². The number of hydrogen-bond donors (Lipinski definition) is 2. The molecule has 2 aromatic heterocycles. The average molecular weight is 459 g/mol. The standard InChI is InChI=1S/C24H19ClN6O2/c1-14-20(22(26)32)21(16-8-2-3-9-17(16)25)29-23(31(14)15-7-6-12-27-13-15)30-24-28-18-10-4-5-11-19(18)33-24/h2-13,21H,1H3,(H2,26,32)(H,28,29,30). The van der Waals surface area contributed by atoms with Crippen molar-refractivity contribution < 1.29 is 9.21 Å². The molecule has 0 aliphatic carbocycles. The minimum absolute atomic E-state index is 0.261. The zero-order valence-corrected chi connectivity index (χ0v) is 18.3. The van der Waals surface area contributed by atoms with E-state index >= 15 is 0 Å². The highest BCUT2D eigenvalue weighted by Crippen LogP contribution is 2.38. The topological polar surface area (TPSA) is 110 Å². The van der Waals surface area contributed by atoms with Crippen LogP contribution in [0.4, 0.5) is 11.7 Å². The van der Waals surface area contributed by atoms with Gasteiger partial charge in [-0.15, -0.1) is 0 Å². The highest BCUT2D eigenvalue weighted by molar-refractivity contribution is 6.31. The summed E-state index contributed by atoms with van der Waals surface area (Å²) in [6, 6.07) is 17.9. The molecule has 2 aromatic carbocycles. The molecule has 1 aliphatic rings. The molecule has 9 heteroatoms. The molecule has 0 spiro atoms. The fraction of sp³-hybridized carbons (Fsp3) is 0.0833. The minimum atomic E-state index is -0.712. The van der Waals surface area contributed by atoms with Gasteiger partial charge in [0.05, 0.1) is 17.5 Å². The maximum Gasteiger partial charge on any atom is 0.302 e. The first-order valence-electron chi connectivity index (χ1n) is 10.2. The number of allylic oxidation sites excluding steroid dienone is 1. The van der Waals surface area contributed by atoms with Crippen LogP contribution in [0.3, 0.4) is 0 Å². The summed E-state index contributed by atoms with van der Waals surface area (Å²) in [7, 11) is 0. The van der Waals surface area contributed by atoms with Gasteiger partial charge in [-0.25, -0.2) is 4.99 Å². The molecule has 1 unspecified atom stereocenters. The number of fused-ring (bicyclic) bond motifs is 1. The van der Waals surface area contributed by atoms with E-state index < -0.39 is 11.9 Å². The molecule has 0 fully saturated rings. The summed E-state index contributed by atoms with van der Waals surface area (Å²) in [4.78, 5) is 27.9. The molecule has 0 bridgehead atoms. The second-order valence-electron chi connectivity index (χ2n) is 7.40. The van der Waals surface area contributed by atoms with Gasteiger partial charge in [-0.05, 0) is 37.3 Å². The Bertz CT molecular complexity index is 1380. The summed E-state index contributed by atoms with van der Waals surface area (Å²) in [5.74, 6) is -0.196. The molecule has 0 saturated heterocycles. The van der Waals surface area contributed by atoms with Crippen LogP contribution < -0.4 is 16.0 Å². The van der Waals surface area contributed by atoms with Crippen molar-refractivity contribution in [3.63, 3.8) is 0 Å². The fourth-order valence-corrected chi connectivity index (χ4v) is 4.11. The van der Waals surface area contributed by atoms with Crippen molar-refractivity contribution in [3.8, 4) is 0 Å². The Hall–Kier alpha value is -4.17. The Kier molecular flexibility index (Phi) is 5.27. The van der Waals surface area contributed by atoms with E-state index in [9.17, 15) is 4.79 Å². The fourth-order valence-electron chi connectivity index (χ4n) is 3.87. The Morgan fingerprint density at radius 2 is 1.91 bits per heavy atom. The number of nitrogens with one attached hydrogen (secondary N) is 1. The Labute approximate surface area is 194 Å². The highest BCUT2D eigenvalue weighted by atomic mass is 35.5. The smallest absolute Gasteiger partial charge is 0.302 e. The van der Waals surface area contributed by atoms with Crippen LogP contribution in [-0.4, -0.2) is 21.8 Å². The molecular formula is C24H19ClN6O2. The van der Waals surface area contributed by atoms with Crippen molar-refractivity contribution in [1.29, 1.82) is 0 Å². The third kappa shape index (κ3) is 3.81. The average Bonchev–Trinajstić information content (AvgIpc) is 3.22. The van der Waals surface area contributed by atoms with Gasteiger partial charge in [0, 0.05) is 22.5 Å². The van der Waals surface area contributed by atoms with Crippen LogP contribution >= 0.6 is 11.6 Å². The predicted octanol–water partition coefficient (Wildman–Crippen LogP) is 4.66. The maximum atomic E-state index is 12.6. The number of aromatic nitrogens is 2. The number of carbonyl (C=O) groups excluding carboxylic acids is 1. The summed E-state index contributed by atoms with van der Waals surface area (Å²) in [6.07, 6.45) is 3.33. The Balaban J connectivity index is 1.67. The number of nitrogens with two attached hydrogens (primary N) is 1. The summed E-state index contributed by atoms with van der Waals surface area (Å²) < 4.78 is 5.85. The number of halogens is 1. The van der Waals surface area contributed by atoms with Crippen LogP contribution in [0.15, 0.2) is 93.7 Å². The number of aliphatic imine (C=N–C) groups is 1. The molecule has 5 rings (SSSR count). The number of hydrogen-bond acceptors (Lipinski definition) is 7. The molecular weight excluding hydrogens is 440 g/mol. The van der Waals surface area contributed by atoms with Gasteiger partial charge < -0.3 is 10.2 Å². The third-order valence-electron chi connectivity index (χ3n) is 5.34. The van der Waals surface area contributed by atoms with Crippen molar-refractivity contribution in [2.75, 3.05) is 10.2 Å². The first-order chi connectivity index (χ1) is 16.0. The molecule has 164 valence electrons. The largest absolute Gasteiger partial charge is 0.423 e.